The van der Waals surface area contributed by atoms with Gasteiger partial charge in [0.25, 0.3) is 11.7 Å². The van der Waals surface area contributed by atoms with Crippen LogP contribution < -0.4 is 4.74 Å². The van der Waals surface area contributed by atoms with E-state index in [0.717, 1.165) is 6.42 Å². The van der Waals surface area contributed by atoms with Crippen LogP contribution in [0.15, 0.2) is 54.1 Å². The Morgan fingerprint density at radius 1 is 1.12 bits per heavy atom. The first-order chi connectivity index (χ1) is 15.3. The highest BCUT2D eigenvalue weighted by atomic mass is 19.1. The maximum atomic E-state index is 14.8. The summed E-state index contributed by atoms with van der Waals surface area (Å²) < 4.78 is 20.3. The van der Waals surface area contributed by atoms with E-state index in [4.69, 9.17) is 4.74 Å². The fourth-order valence-corrected chi connectivity index (χ4v) is 3.77. The molecule has 0 bridgehead atoms. The van der Waals surface area contributed by atoms with Crippen molar-refractivity contribution >= 4 is 17.4 Å². The predicted molar refractivity (Wildman–Crippen MR) is 121 cm³/mol. The number of halogens is 1. The molecule has 7 heteroatoms. The Kier molecular flexibility index (Phi) is 7.64. The normalized spacial score (nSPS) is 17.9. The molecule has 1 saturated heterocycles. The molecule has 0 spiro atoms. The van der Waals surface area contributed by atoms with E-state index in [0.29, 0.717) is 30.9 Å². The predicted octanol–water partition coefficient (Wildman–Crippen LogP) is 3.99. The number of ketones is 1. The van der Waals surface area contributed by atoms with Crippen LogP contribution in [0, 0.1) is 5.82 Å². The van der Waals surface area contributed by atoms with Crippen molar-refractivity contribution in [2.45, 2.75) is 25.8 Å². The van der Waals surface area contributed by atoms with Gasteiger partial charge in [0.05, 0.1) is 18.2 Å². The quantitative estimate of drug-likeness (QED) is 0.363. The van der Waals surface area contributed by atoms with E-state index in [1.54, 1.807) is 42.5 Å². The molecule has 0 unspecified atom stereocenters. The minimum absolute atomic E-state index is 0.104. The van der Waals surface area contributed by atoms with E-state index in [9.17, 15) is 19.1 Å². The maximum absolute atomic E-state index is 14.8. The standard InChI is InChI=1S/C25H29FN2O4/c1-4-16-32-18-12-10-17(11-13-18)23(29)21-22(19-8-5-6-9-20(19)26)28(25(31)24(21)30)15-7-14-27(2)3/h5-6,8-13,22,29H,4,7,14-16H2,1-3H3/b23-21+/t22-/m1/s1. The number of aliphatic hydroxyl groups is 1. The molecule has 1 aliphatic heterocycles. The number of carbonyl (C=O) groups is 2. The molecule has 1 N–H and O–H groups in total. The molecule has 6 nitrogen and oxygen atoms in total. The van der Waals surface area contributed by atoms with E-state index in [1.807, 2.05) is 25.9 Å². The van der Waals surface area contributed by atoms with Crippen molar-refractivity contribution in [2.24, 2.45) is 0 Å². The van der Waals surface area contributed by atoms with E-state index in [1.165, 1.54) is 11.0 Å². The summed E-state index contributed by atoms with van der Waals surface area (Å²) in [6, 6.07) is 11.7. The minimum Gasteiger partial charge on any atom is -0.507 e. The molecule has 0 saturated carbocycles. The number of nitrogens with zero attached hydrogens (tertiary/aromatic N) is 2. The van der Waals surface area contributed by atoms with Gasteiger partial charge in [-0.3, -0.25) is 9.59 Å². The Hall–Kier alpha value is -3.19. The highest BCUT2D eigenvalue weighted by molar-refractivity contribution is 6.46. The van der Waals surface area contributed by atoms with Crippen molar-refractivity contribution in [2.75, 3.05) is 33.8 Å². The largest absolute Gasteiger partial charge is 0.507 e. The molecule has 1 aliphatic rings. The molecule has 1 fully saturated rings. The van der Waals surface area contributed by atoms with E-state index in [2.05, 4.69) is 0 Å². The summed E-state index contributed by atoms with van der Waals surface area (Å²) in [7, 11) is 3.83. The van der Waals surface area contributed by atoms with Crippen molar-refractivity contribution in [1.29, 1.82) is 0 Å². The lowest BCUT2D eigenvalue weighted by Gasteiger charge is -2.26. The summed E-state index contributed by atoms with van der Waals surface area (Å²) in [4.78, 5) is 29.2. The average molecular weight is 441 g/mol. The molecule has 170 valence electrons. The van der Waals surface area contributed by atoms with E-state index < -0.39 is 23.5 Å². The monoisotopic (exact) mass is 440 g/mol. The average Bonchev–Trinajstić information content (AvgIpc) is 3.02. The Labute approximate surface area is 187 Å². The molecular formula is C25H29FN2O4. The topological polar surface area (TPSA) is 70.1 Å². The number of rotatable bonds is 9. The molecule has 1 heterocycles. The van der Waals surface area contributed by atoms with Crippen molar-refractivity contribution in [1.82, 2.24) is 9.80 Å². The second kappa shape index (κ2) is 10.4. The van der Waals surface area contributed by atoms with Gasteiger partial charge in [0.2, 0.25) is 0 Å². The fraction of sp³-hybridized carbons (Fsp3) is 0.360. The Balaban J connectivity index is 2.03. The molecule has 0 aromatic heterocycles. The lowest BCUT2D eigenvalue weighted by molar-refractivity contribution is -0.140. The SMILES string of the molecule is CCCOc1ccc(/C(O)=C2\C(=O)C(=O)N(CCCN(C)C)[C@@H]2c2ccccc2F)cc1. The van der Waals surface area contributed by atoms with Gasteiger partial charge in [0, 0.05) is 17.7 Å². The number of carbonyl (C=O) groups excluding carboxylic acids is 2. The van der Waals surface area contributed by atoms with Gasteiger partial charge in [-0.2, -0.15) is 0 Å². The second-order valence-corrected chi connectivity index (χ2v) is 8.04. The van der Waals surface area contributed by atoms with Crippen LogP contribution in [0.5, 0.6) is 5.75 Å². The van der Waals surface area contributed by atoms with Gasteiger partial charge in [-0.05, 0) is 63.8 Å². The summed E-state index contributed by atoms with van der Waals surface area (Å²) in [6.45, 7) is 3.53. The zero-order chi connectivity index (χ0) is 23.3. The Bertz CT molecular complexity index is 1000. The van der Waals surface area contributed by atoms with Crippen LogP contribution in [0.4, 0.5) is 4.39 Å². The third-order valence-electron chi connectivity index (χ3n) is 5.34. The van der Waals surface area contributed by atoms with Crippen LogP contribution in [0.1, 0.15) is 36.9 Å². The van der Waals surface area contributed by atoms with Crippen LogP contribution in [-0.2, 0) is 9.59 Å². The van der Waals surface area contributed by atoms with E-state index in [-0.39, 0.29) is 23.4 Å². The van der Waals surface area contributed by atoms with Gasteiger partial charge in [-0.25, -0.2) is 4.39 Å². The summed E-state index contributed by atoms with van der Waals surface area (Å²) in [5.41, 5.74) is 0.440. The fourth-order valence-electron chi connectivity index (χ4n) is 3.77. The zero-order valence-electron chi connectivity index (χ0n) is 18.7. The van der Waals surface area contributed by atoms with Crippen molar-refractivity contribution in [3.8, 4) is 5.75 Å². The number of likely N-dealkylation sites (tertiary alicyclic amines) is 1. The van der Waals surface area contributed by atoms with Crippen LogP contribution >= 0.6 is 0 Å². The summed E-state index contributed by atoms with van der Waals surface area (Å²) in [5.74, 6) is -1.77. The Morgan fingerprint density at radius 3 is 2.44 bits per heavy atom. The van der Waals surface area contributed by atoms with Crippen LogP contribution in [0.2, 0.25) is 0 Å². The van der Waals surface area contributed by atoms with Gasteiger partial charge < -0.3 is 19.6 Å². The number of hydrogen-bond donors (Lipinski definition) is 1. The van der Waals surface area contributed by atoms with Gasteiger partial charge >= 0.3 is 0 Å². The van der Waals surface area contributed by atoms with Crippen LogP contribution in [0.3, 0.4) is 0 Å². The van der Waals surface area contributed by atoms with Gasteiger partial charge in [-0.1, -0.05) is 25.1 Å². The van der Waals surface area contributed by atoms with Crippen LogP contribution in [0.25, 0.3) is 5.76 Å². The first-order valence-electron chi connectivity index (χ1n) is 10.8. The summed E-state index contributed by atoms with van der Waals surface area (Å²) in [6.07, 6.45) is 1.47. The third-order valence-corrected chi connectivity index (χ3v) is 5.34. The first kappa shape index (κ1) is 23.5. The molecule has 1 atom stereocenters. The summed E-state index contributed by atoms with van der Waals surface area (Å²) in [5, 5.41) is 11.0. The number of ether oxygens (including phenoxy) is 1. The molecule has 3 rings (SSSR count). The lowest BCUT2D eigenvalue weighted by Crippen LogP contribution is -2.32. The zero-order valence-corrected chi connectivity index (χ0v) is 18.7. The second-order valence-electron chi connectivity index (χ2n) is 8.04. The van der Waals surface area contributed by atoms with Crippen LogP contribution in [-0.4, -0.2) is 60.4 Å². The van der Waals surface area contributed by atoms with Crippen molar-refractivity contribution in [3.05, 3.63) is 71.0 Å². The number of hydrogen-bond acceptors (Lipinski definition) is 5. The number of aliphatic hydroxyl groups excluding tert-OH is 1. The summed E-state index contributed by atoms with van der Waals surface area (Å²) >= 11 is 0. The number of Topliss-reactive ketones (excluding diaryl/α,β-unsaturated/α-hetero) is 1. The molecule has 0 radical (unpaired) electrons. The van der Waals surface area contributed by atoms with Crippen molar-refractivity contribution in [3.63, 3.8) is 0 Å². The smallest absolute Gasteiger partial charge is 0.295 e. The third kappa shape index (κ3) is 4.99. The van der Waals surface area contributed by atoms with E-state index >= 15 is 0 Å². The Morgan fingerprint density at radius 2 is 1.81 bits per heavy atom. The molecule has 32 heavy (non-hydrogen) atoms. The highest BCUT2D eigenvalue weighted by Crippen LogP contribution is 2.40. The lowest BCUT2D eigenvalue weighted by atomic mass is 9.95. The molecule has 2 aromatic carbocycles. The highest BCUT2D eigenvalue weighted by Gasteiger charge is 2.46. The number of benzene rings is 2. The molecule has 1 amide bonds. The maximum Gasteiger partial charge on any atom is 0.295 e. The minimum atomic E-state index is -0.991. The number of amides is 1. The molecular weight excluding hydrogens is 411 g/mol. The van der Waals surface area contributed by atoms with Gasteiger partial charge in [-0.15, -0.1) is 0 Å². The van der Waals surface area contributed by atoms with Gasteiger partial charge in [0.1, 0.15) is 17.3 Å². The van der Waals surface area contributed by atoms with Crippen molar-refractivity contribution < 1.29 is 23.8 Å². The molecule has 2 aromatic rings. The first-order valence-corrected chi connectivity index (χ1v) is 10.8. The molecule has 0 aliphatic carbocycles. The van der Waals surface area contributed by atoms with Gasteiger partial charge in [0.15, 0.2) is 0 Å².